The number of aliphatic hydroxyl groups excluding tert-OH is 1. The Kier molecular flexibility index (Phi) is 8.08. The SMILES string of the molecule is CCC(CC)N(C)C(C)CC(C)(CO)NC(C)C. The first-order valence-electron chi connectivity index (χ1n) is 7.40. The molecule has 2 N–H and O–H groups in total. The van der Waals surface area contributed by atoms with Gasteiger partial charge in [-0.25, -0.2) is 0 Å². The Morgan fingerprint density at radius 3 is 2.00 bits per heavy atom. The maximum absolute atomic E-state index is 9.64. The summed E-state index contributed by atoms with van der Waals surface area (Å²) in [4.78, 5) is 2.45. The van der Waals surface area contributed by atoms with Crippen molar-refractivity contribution >= 4 is 0 Å². The van der Waals surface area contributed by atoms with Crippen molar-refractivity contribution in [3.63, 3.8) is 0 Å². The summed E-state index contributed by atoms with van der Waals surface area (Å²) in [5, 5.41) is 13.1. The van der Waals surface area contributed by atoms with Gasteiger partial charge in [0.2, 0.25) is 0 Å². The molecule has 0 amide bonds. The van der Waals surface area contributed by atoms with Crippen molar-refractivity contribution in [1.82, 2.24) is 10.2 Å². The molecular weight excluding hydrogens is 224 g/mol. The molecule has 2 atom stereocenters. The van der Waals surface area contributed by atoms with Crippen LogP contribution in [0.5, 0.6) is 0 Å². The van der Waals surface area contributed by atoms with Gasteiger partial charge in [-0.1, -0.05) is 27.7 Å². The van der Waals surface area contributed by atoms with Crippen molar-refractivity contribution in [2.75, 3.05) is 13.7 Å². The van der Waals surface area contributed by atoms with Crippen LogP contribution in [0.15, 0.2) is 0 Å². The standard InChI is InChI=1S/C15H34N2O/c1-8-14(9-2)17(7)13(5)10-15(6,11-18)16-12(3)4/h12-14,16,18H,8-11H2,1-7H3. The molecule has 3 heteroatoms. The Hall–Kier alpha value is -0.120. The monoisotopic (exact) mass is 258 g/mol. The van der Waals surface area contributed by atoms with E-state index in [1.165, 1.54) is 12.8 Å². The molecule has 110 valence electrons. The molecule has 0 aromatic carbocycles. The van der Waals surface area contributed by atoms with Crippen LogP contribution >= 0.6 is 0 Å². The highest BCUT2D eigenvalue weighted by Crippen LogP contribution is 2.19. The average molecular weight is 258 g/mol. The summed E-state index contributed by atoms with van der Waals surface area (Å²) in [6.45, 7) is 13.3. The smallest absolute Gasteiger partial charge is 0.0611 e. The Bertz CT molecular complexity index is 217. The van der Waals surface area contributed by atoms with Gasteiger partial charge in [-0.3, -0.25) is 0 Å². The van der Waals surface area contributed by atoms with Gasteiger partial charge in [0, 0.05) is 23.7 Å². The molecule has 0 rings (SSSR count). The van der Waals surface area contributed by atoms with Gasteiger partial charge in [-0.05, 0) is 40.2 Å². The van der Waals surface area contributed by atoms with Crippen molar-refractivity contribution in [1.29, 1.82) is 0 Å². The highest BCUT2D eigenvalue weighted by Gasteiger charge is 2.29. The maximum Gasteiger partial charge on any atom is 0.0611 e. The van der Waals surface area contributed by atoms with E-state index in [0.717, 1.165) is 6.42 Å². The van der Waals surface area contributed by atoms with Gasteiger partial charge < -0.3 is 15.3 Å². The predicted molar refractivity (Wildman–Crippen MR) is 80.0 cm³/mol. The van der Waals surface area contributed by atoms with E-state index >= 15 is 0 Å². The summed E-state index contributed by atoms with van der Waals surface area (Å²) in [5.74, 6) is 0. The Morgan fingerprint density at radius 1 is 1.17 bits per heavy atom. The van der Waals surface area contributed by atoms with Crippen LogP contribution in [0.2, 0.25) is 0 Å². The van der Waals surface area contributed by atoms with Crippen molar-refractivity contribution in [2.45, 2.75) is 84.5 Å². The molecule has 0 saturated carbocycles. The lowest BCUT2D eigenvalue weighted by Crippen LogP contribution is -2.53. The summed E-state index contributed by atoms with van der Waals surface area (Å²) in [6.07, 6.45) is 3.34. The van der Waals surface area contributed by atoms with E-state index in [2.05, 4.69) is 58.8 Å². The van der Waals surface area contributed by atoms with Gasteiger partial charge in [0.25, 0.3) is 0 Å². The minimum absolute atomic E-state index is 0.187. The molecule has 0 aliphatic rings. The maximum atomic E-state index is 9.64. The van der Waals surface area contributed by atoms with E-state index in [1.807, 2.05) is 0 Å². The number of nitrogens with zero attached hydrogens (tertiary/aromatic N) is 1. The number of hydrogen-bond donors (Lipinski definition) is 2. The van der Waals surface area contributed by atoms with Crippen LogP contribution < -0.4 is 5.32 Å². The van der Waals surface area contributed by atoms with E-state index < -0.39 is 0 Å². The lowest BCUT2D eigenvalue weighted by atomic mass is 9.92. The minimum Gasteiger partial charge on any atom is -0.394 e. The fourth-order valence-electron chi connectivity index (χ4n) is 2.89. The average Bonchev–Trinajstić information content (AvgIpc) is 2.29. The lowest BCUT2D eigenvalue weighted by Gasteiger charge is -2.39. The quantitative estimate of drug-likeness (QED) is 0.667. The van der Waals surface area contributed by atoms with Gasteiger partial charge in [0.05, 0.1) is 6.61 Å². The van der Waals surface area contributed by atoms with Crippen LogP contribution in [-0.4, -0.2) is 47.3 Å². The molecule has 18 heavy (non-hydrogen) atoms. The van der Waals surface area contributed by atoms with Gasteiger partial charge in [0.1, 0.15) is 0 Å². The summed E-state index contributed by atoms with van der Waals surface area (Å²) >= 11 is 0. The highest BCUT2D eigenvalue weighted by molar-refractivity contribution is 4.88. The second kappa shape index (κ2) is 8.13. The van der Waals surface area contributed by atoms with Crippen LogP contribution in [0.3, 0.4) is 0 Å². The van der Waals surface area contributed by atoms with Gasteiger partial charge in [-0.2, -0.15) is 0 Å². The molecule has 0 bridgehead atoms. The highest BCUT2D eigenvalue weighted by atomic mass is 16.3. The molecular formula is C15H34N2O. The zero-order valence-electron chi connectivity index (χ0n) is 13.5. The minimum atomic E-state index is -0.187. The first kappa shape index (κ1) is 17.9. The van der Waals surface area contributed by atoms with E-state index in [9.17, 15) is 5.11 Å². The Balaban J connectivity index is 4.54. The summed E-state index contributed by atoms with van der Waals surface area (Å²) in [5.41, 5.74) is -0.187. The van der Waals surface area contributed by atoms with Gasteiger partial charge >= 0.3 is 0 Å². The van der Waals surface area contributed by atoms with E-state index in [4.69, 9.17) is 0 Å². The third-order valence-corrected chi connectivity index (χ3v) is 3.95. The molecule has 0 saturated heterocycles. The van der Waals surface area contributed by atoms with Crippen molar-refractivity contribution in [3.05, 3.63) is 0 Å². The van der Waals surface area contributed by atoms with Crippen LogP contribution in [0.25, 0.3) is 0 Å². The van der Waals surface area contributed by atoms with Gasteiger partial charge in [0.15, 0.2) is 0 Å². The Labute approximate surface area is 114 Å². The third kappa shape index (κ3) is 5.68. The van der Waals surface area contributed by atoms with Crippen LogP contribution in [0.4, 0.5) is 0 Å². The predicted octanol–water partition coefficient (Wildman–Crippen LogP) is 2.63. The van der Waals surface area contributed by atoms with Crippen molar-refractivity contribution in [2.24, 2.45) is 0 Å². The molecule has 3 nitrogen and oxygen atoms in total. The fraction of sp³-hybridized carbons (Fsp3) is 1.00. The number of aliphatic hydroxyl groups is 1. The zero-order valence-corrected chi connectivity index (χ0v) is 13.5. The zero-order chi connectivity index (χ0) is 14.3. The largest absolute Gasteiger partial charge is 0.394 e. The summed E-state index contributed by atoms with van der Waals surface area (Å²) < 4.78 is 0. The van der Waals surface area contributed by atoms with E-state index in [-0.39, 0.29) is 12.1 Å². The fourth-order valence-corrected chi connectivity index (χ4v) is 2.89. The normalized spacial score (nSPS) is 17.5. The first-order valence-corrected chi connectivity index (χ1v) is 7.40. The van der Waals surface area contributed by atoms with Crippen molar-refractivity contribution in [3.8, 4) is 0 Å². The van der Waals surface area contributed by atoms with Crippen molar-refractivity contribution < 1.29 is 5.11 Å². The molecule has 0 aliphatic heterocycles. The molecule has 0 radical (unpaired) electrons. The van der Waals surface area contributed by atoms with Crippen LogP contribution in [0.1, 0.15) is 60.8 Å². The second-order valence-electron chi connectivity index (χ2n) is 6.21. The molecule has 0 aromatic heterocycles. The van der Waals surface area contributed by atoms with Crippen LogP contribution in [-0.2, 0) is 0 Å². The third-order valence-electron chi connectivity index (χ3n) is 3.95. The summed E-state index contributed by atoms with van der Waals surface area (Å²) in [6, 6.07) is 1.51. The number of hydrogen-bond acceptors (Lipinski definition) is 3. The lowest BCUT2D eigenvalue weighted by molar-refractivity contribution is 0.0979. The number of nitrogens with one attached hydrogen (secondary N) is 1. The molecule has 0 fully saturated rings. The molecule has 0 heterocycles. The second-order valence-corrected chi connectivity index (χ2v) is 6.21. The summed E-state index contributed by atoms with van der Waals surface area (Å²) in [7, 11) is 2.20. The topological polar surface area (TPSA) is 35.5 Å². The molecule has 0 aliphatic carbocycles. The molecule has 0 aromatic rings. The van der Waals surface area contributed by atoms with E-state index in [0.29, 0.717) is 18.1 Å². The number of rotatable bonds is 9. The van der Waals surface area contributed by atoms with Gasteiger partial charge in [-0.15, -0.1) is 0 Å². The van der Waals surface area contributed by atoms with Crippen LogP contribution in [0, 0.1) is 0 Å². The first-order chi connectivity index (χ1) is 8.29. The molecule has 0 spiro atoms. The molecule has 2 unspecified atom stereocenters. The Morgan fingerprint density at radius 2 is 1.67 bits per heavy atom. The van der Waals surface area contributed by atoms with E-state index in [1.54, 1.807) is 0 Å².